The van der Waals surface area contributed by atoms with Crippen LogP contribution in [0.25, 0.3) is 28.2 Å². The molecule has 2 amide bonds. The third-order valence-electron chi connectivity index (χ3n) is 5.35. The Morgan fingerprint density at radius 2 is 1.73 bits per heavy atom. The Morgan fingerprint density at radius 3 is 2.58 bits per heavy atom. The van der Waals surface area contributed by atoms with Crippen molar-refractivity contribution >= 4 is 23.2 Å². The van der Waals surface area contributed by atoms with E-state index in [0.29, 0.717) is 5.82 Å². The van der Waals surface area contributed by atoms with Crippen molar-refractivity contribution in [3.63, 3.8) is 0 Å². The van der Waals surface area contributed by atoms with Crippen LogP contribution in [0.15, 0.2) is 85.2 Å². The van der Waals surface area contributed by atoms with E-state index in [1.807, 2.05) is 72.1 Å². The highest BCUT2D eigenvalue weighted by Gasteiger charge is 2.18. The number of anilines is 2. The number of amides is 2. The molecule has 0 saturated heterocycles. The summed E-state index contributed by atoms with van der Waals surface area (Å²) in [6.07, 6.45) is 3.40. The SMILES string of the molecule is Cc1cccc(-c2nc3cccnn3c2-c2ccnc(NC(=O)Nc3ccccc3C)c2)c1. The van der Waals surface area contributed by atoms with Gasteiger partial charge in [-0.25, -0.2) is 19.3 Å². The third-order valence-corrected chi connectivity index (χ3v) is 5.35. The van der Waals surface area contributed by atoms with Crippen molar-refractivity contribution in [1.29, 1.82) is 0 Å². The Hall–Kier alpha value is -4.52. The molecule has 0 radical (unpaired) electrons. The first-order valence-electron chi connectivity index (χ1n) is 10.6. The maximum absolute atomic E-state index is 12.6. The van der Waals surface area contributed by atoms with Gasteiger partial charge in [0, 0.05) is 29.2 Å². The van der Waals surface area contributed by atoms with Gasteiger partial charge in [0.15, 0.2) is 5.65 Å². The molecule has 0 atom stereocenters. The number of fused-ring (bicyclic) bond motifs is 1. The second-order valence-corrected chi connectivity index (χ2v) is 7.80. The number of rotatable bonds is 4. The number of aromatic nitrogens is 4. The van der Waals surface area contributed by atoms with Crippen LogP contribution in [-0.4, -0.2) is 25.6 Å². The van der Waals surface area contributed by atoms with Crippen molar-refractivity contribution in [3.05, 3.63) is 96.3 Å². The van der Waals surface area contributed by atoms with Crippen molar-refractivity contribution in [2.45, 2.75) is 13.8 Å². The zero-order valence-corrected chi connectivity index (χ0v) is 18.3. The van der Waals surface area contributed by atoms with Gasteiger partial charge in [0.05, 0.1) is 5.69 Å². The summed E-state index contributed by atoms with van der Waals surface area (Å²) in [6.45, 7) is 4.00. The first-order chi connectivity index (χ1) is 16.1. The van der Waals surface area contributed by atoms with E-state index in [1.54, 1.807) is 12.4 Å². The topological polar surface area (TPSA) is 84.2 Å². The molecule has 162 valence electrons. The van der Waals surface area contributed by atoms with E-state index in [4.69, 9.17) is 4.98 Å². The van der Waals surface area contributed by atoms with E-state index in [2.05, 4.69) is 39.8 Å². The average Bonchev–Trinajstić information content (AvgIpc) is 3.20. The molecule has 2 N–H and O–H groups in total. The number of urea groups is 1. The summed E-state index contributed by atoms with van der Waals surface area (Å²) >= 11 is 0. The molecule has 7 heteroatoms. The highest BCUT2D eigenvalue weighted by Crippen LogP contribution is 2.33. The zero-order valence-electron chi connectivity index (χ0n) is 18.3. The second-order valence-electron chi connectivity index (χ2n) is 7.80. The predicted molar refractivity (Wildman–Crippen MR) is 130 cm³/mol. The molecular weight excluding hydrogens is 412 g/mol. The van der Waals surface area contributed by atoms with E-state index in [1.165, 1.54) is 0 Å². The monoisotopic (exact) mass is 434 g/mol. The van der Waals surface area contributed by atoms with Crippen LogP contribution in [0.3, 0.4) is 0 Å². The first-order valence-corrected chi connectivity index (χ1v) is 10.6. The second kappa shape index (κ2) is 8.55. The van der Waals surface area contributed by atoms with E-state index in [9.17, 15) is 4.79 Å². The standard InChI is InChI=1S/C26H22N6O/c1-17-7-5-9-19(15-17)24-25(32-23(31-24)11-6-13-28-32)20-12-14-27-22(16-20)30-26(33)29-21-10-4-3-8-18(21)2/h3-16H,1-2H3,(H2,27,29,30,33). The van der Waals surface area contributed by atoms with Crippen molar-refractivity contribution < 1.29 is 4.79 Å². The van der Waals surface area contributed by atoms with Gasteiger partial charge in [-0.15, -0.1) is 0 Å². The first kappa shape index (κ1) is 20.4. The molecule has 0 bridgehead atoms. The molecule has 5 rings (SSSR count). The molecule has 3 heterocycles. The summed E-state index contributed by atoms with van der Waals surface area (Å²) in [5.74, 6) is 0.430. The van der Waals surface area contributed by atoms with Crippen LogP contribution in [0.4, 0.5) is 16.3 Å². The fraction of sp³-hybridized carbons (Fsp3) is 0.0769. The lowest BCUT2D eigenvalue weighted by Gasteiger charge is -2.10. The van der Waals surface area contributed by atoms with E-state index >= 15 is 0 Å². The molecule has 0 unspecified atom stereocenters. The Labute approximate surface area is 191 Å². The average molecular weight is 435 g/mol. The fourth-order valence-electron chi connectivity index (χ4n) is 3.77. The van der Waals surface area contributed by atoms with Gasteiger partial charge in [0.2, 0.25) is 0 Å². The fourth-order valence-corrected chi connectivity index (χ4v) is 3.77. The van der Waals surface area contributed by atoms with Crippen LogP contribution < -0.4 is 10.6 Å². The van der Waals surface area contributed by atoms with Gasteiger partial charge in [-0.05, 0) is 55.8 Å². The molecule has 0 saturated carbocycles. The minimum Gasteiger partial charge on any atom is -0.307 e. The van der Waals surface area contributed by atoms with Crippen LogP contribution in [0.5, 0.6) is 0 Å². The lowest BCUT2D eigenvalue weighted by Crippen LogP contribution is -2.20. The van der Waals surface area contributed by atoms with Gasteiger partial charge >= 0.3 is 6.03 Å². The summed E-state index contributed by atoms with van der Waals surface area (Å²) in [7, 11) is 0. The third kappa shape index (κ3) is 4.16. The Morgan fingerprint density at radius 1 is 0.848 bits per heavy atom. The van der Waals surface area contributed by atoms with Crippen LogP contribution in [0.1, 0.15) is 11.1 Å². The Kier molecular flexibility index (Phi) is 5.28. The quantitative estimate of drug-likeness (QED) is 0.379. The molecule has 33 heavy (non-hydrogen) atoms. The number of hydrogen-bond acceptors (Lipinski definition) is 4. The number of imidazole rings is 1. The molecule has 2 aromatic carbocycles. The molecular formula is C26H22N6O. The van der Waals surface area contributed by atoms with Crippen molar-refractivity contribution in [2.24, 2.45) is 0 Å². The Balaban J connectivity index is 1.52. The number of nitrogens with zero attached hydrogens (tertiary/aromatic N) is 4. The highest BCUT2D eigenvalue weighted by molar-refractivity contribution is 6.00. The molecule has 0 fully saturated rings. The van der Waals surface area contributed by atoms with E-state index in [0.717, 1.165) is 45.0 Å². The predicted octanol–water partition coefficient (Wildman–Crippen LogP) is 5.72. The van der Waals surface area contributed by atoms with Crippen LogP contribution in [-0.2, 0) is 0 Å². The lowest BCUT2D eigenvalue weighted by atomic mass is 10.0. The molecule has 0 aliphatic heterocycles. The van der Waals surface area contributed by atoms with Gasteiger partial charge in [-0.1, -0.05) is 42.0 Å². The molecule has 7 nitrogen and oxygen atoms in total. The summed E-state index contributed by atoms with van der Waals surface area (Å²) in [5.41, 5.74) is 7.12. The molecule has 3 aromatic heterocycles. The lowest BCUT2D eigenvalue weighted by molar-refractivity contribution is 0.262. The number of benzene rings is 2. The largest absolute Gasteiger partial charge is 0.324 e. The van der Waals surface area contributed by atoms with E-state index in [-0.39, 0.29) is 6.03 Å². The summed E-state index contributed by atoms with van der Waals surface area (Å²) in [4.78, 5) is 21.7. The van der Waals surface area contributed by atoms with Crippen LogP contribution in [0.2, 0.25) is 0 Å². The number of pyridine rings is 1. The highest BCUT2D eigenvalue weighted by atomic mass is 16.2. The molecule has 0 spiro atoms. The summed E-state index contributed by atoms with van der Waals surface area (Å²) in [5, 5.41) is 10.2. The molecule has 5 aromatic rings. The summed E-state index contributed by atoms with van der Waals surface area (Å²) < 4.78 is 1.81. The van der Waals surface area contributed by atoms with Gasteiger partial charge in [0.25, 0.3) is 0 Å². The number of carbonyl (C=O) groups is 1. The van der Waals surface area contributed by atoms with Crippen molar-refractivity contribution in [2.75, 3.05) is 10.6 Å². The van der Waals surface area contributed by atoms with Crippen LogP contribution in [0, 0.1) is 13.8 Å². The maximum atomic E-state index is 12.6. The normalized spacial score (nSPS) is 10.8. The van der Waals surface area contributed by atoms with Gasteiger partial charge in [-0.3, -0.25) is 5.32 Å². The van der Waals surface area contributed by atoms with E-state index < -0.39 is 0 Å². The van der Waals surface area contributed by atoms with Gasteiger partial charge < -0.3 is 5.32 Å². The van der Waals surface area contributed by atoms with Gasteiger partial charge in [-0.2, -0.15) is 5.10 Å². The number of para-hydroxylation sites is 1. The van der Waals surface area contributed by atoms with Crippen LogP contribution >= 0.6 is 0 Å². The minimum absolute atomic E-state index is 0.357. The van der Waals surface area contributed by atoms with Crippen molar-refractivity contribution in [3.8, 4) is 22.5 Å². The van der Waals surface area contributed by atoms with Gasteiger partial charge in [0.1, 0.15) is 11.5 Å². The molecule has 0 aliphatic rings. The minimum atomic E-state index is -0.357. The number of aryl methyl sites for hydroxylation is 2. The number of nitrogens with one attached hydrogen (secondary N) is 2. The number of carbonyl (C=O) groups excluding carboxylic acids is 1. The number of hydrogen-bond donors (Lipinski definition) is 2. The smallest absolute Gasteiger partial charge is 0.307 e. The summed E-state index contributed by atoms with van der Waals surface area (Å²) in [6, 6.07) is 23.0. The molecule has 0 aliphatic carbocycles. The zero-order chi connectivity index (χ0) is 22.8. The Bertz CT molecular complexity index is 1470. The van der Waals surface area contributed by atoms with Crippen molar-refractivity contribution in [1.82, 2.24) is 19.6 Å². The maximum Gasteiger partial charge on any atom is 0.324 e.